The number of aromatic nitrogens is 1. The minimum atomic E-state index is -0.400. The first-order valence-corrected chi connectivity index (χ1v) is 7.15. The normalized spacial score (nSPS) is 13.7. The minimum Gasteiger partial charge on any atom is -0.304 e. The van der Waals surface area contributed by atoms with E-state index in [1.54, 1.807) is 12.1 Å². The Morgan fingerprint density at radius 3 is 2.59 bits per heavy atom. The Morgan fingerprint density at radius 2 is 1.91 bits per heavy atom. The Morgan fingerprint density at radius 1 is 1.18 bits per heavy atom. The van der Waals surface area contributed by atoms with Gasteiger partial charge in [0.2, 0.25) is 0 Å². The van der Waals surface area contributed by atoms with Gasteiger partial charge < -0.3 is 4.57 Å². The van der Waals surface area contributed by atoms with Crippen molar-refractivity contribution in [1.82, 2.24) is 9.99 Å². The van der Waals surface area contributed by atoms with Crippen LogP contribution in [0.15, 0.2) is 47.3 Å². The van der Waals surface area contributed by atoms with Gasteiger partial charge >= 0.3 is 0 Å². The van der Waals surface area contributed by atoms with Gasteiger partial charge in [-0.05, 0) is 49.1 Å². The fourth-order valence-electron chi connectivity index (χ4n) is 2.19. The number of nitrogens with zero attached hydrogens (tertiary/aromatic N) is 1. The van der Waals surface area contributed by atoms with E-state index in [1.165, 1.54) is 34.9 Å². The summed E-state index contributed by atoms with van der Waals surface area (Å²) in [5.74, 6) is -0.266. The molecule has 0 bridgehead atoms. The predicted molar refractivity (Wildman–Crippen MR) is 80.9 cm³/mol. The highest BCUT2D eigenvalue weighted by Gasteiger charge is 2.24. The van der Waals surface area contributed by atoms with E-state index in [0.717, 1.165) is 12.8 Å². The van der Waals surface area contributed by atoms with Gasteiger partial charge in [0, 0.05) is 12.6 Å². The summed E-state index contributed by atoms with van der Waals surface area (Å²) >= 11 is 0. The summed E-state index contributed by atoms with van der Waals surface area (Å²) in [7, 11) is 0. The van der Waals surface area contributed by atoms with E-state index in [-0.39, 0.29) is 11.4 Å². The molecule has 114 valence electrons. The molecule has 0 radical (unpaired) electrons. The summed E-state index contributed by atoms with van der Waals surface area (Å²) in [4.78, 5) is 24.2. The molecule has 1 heterocycles. The van der Waals surface area contributed by atoms with Crippen LogP contribution in [0.3, 0.4) is 0 Å². The second-order valence-electron chi connectivity index (χ2n) is 5.39. The molecule has 22 heavy (non-hydrogen) atoms. The van der Waals surface area contributed by atoms with Gasteiger partial charge in [0.1, 0.15) is 11.5 Å². The van der Waals surface area contributed by atoms with Crippen LogP contribution >= 0.6 is 0 Å². The summed E-state index contributed by atoms with van der Waals surface area (Å²) in [5, 5.41) is 0. The SMILES string of the molecule is O=C(NNc1ccc(F)cc1)c1cccc(=O)n1CC1CC1. The van der Waals surface area contributed by atoms with Crippen molar-refractivity contribution in [3.05, 3.63) is 64.3 Å². The first-order chi connectivity index (χ1) is 10.6. The fourth-order valence-corrected chi connectivity index (χ4v) is 2.19. The van der Waals surface area contributed by atoms with E-state index < -0.39 is 5.91 Å². The molecular formula is C16H16FN3O2. The van der Waals surface area contributed by atoms with Crippen LogP contribution in [0.4, 0.5) is 10.1 Å². The first-order valence-electron chi connectivity index (χ1n) is 7.15. The highest BCUT2D eigenvalue weighted by molar-refractivity contribution is 5.93. The molecule has 1 aliphatic carbocycles. The van der Waals surface area contributed by atoms with Crippen LogP contribution in [0.2, 0.25) is 0 Å². The molecule has 0 unspecified atom stereocenters. The van der Waals surface area contributed by atoms with Crippen molar-refractivity contribution < 1.29 is 9.18 Å². The maximum absolute atomic E-state index is 12.8. The van der Waals surface area contributed by atoms with E-state index >= 15 is 0 Å². The molecule has 1 fully saturated rings. The lowest BCUT2D eigenvalue weighted by molar-refractivity contribution is 0.0951. The molecule has 2 aromatic rings. The van der Waals surface area contributed by atoms with Crippen LogP contribution in [0.25, 0.3) is 0 Å². The lowest BCUT2D eigenvalue weighted by atomic mass is 10.3. The number of hydrogen-bond donors (Lipinski definition) is 2. The number of anilines is 1. The van der Waals surface area contributed by atoms with E-state index in [4.69, 9.17) is 0 Å². The van der Waals surface area contributed by atoms with Crippen LogP contribution in [-0.4, -0.2) is 10.5 Å². The summed E-state index contributed by atoms with van der Waals surface area (Å²) in [6, 6.07) is 10.2. The summed E-state index contributed by atoms with van der Waals surface area (Å²) in [5.41, 5.74) is 5.92. The summed E-state index contributed by atoms with van der Waals surface area (Å²) < 4.78 is 14.3. The van der Waals surface area contributed by atoms with Crippen LogP contribution in [-0.2, 0) is 6.54 Å². The fraction of sp³-hybridized carbons (Fsp3) is 0.250. The molecule has 1 aromatic carbocycles. The van der Waals surface area contributed by atoms with Crippen molar-refractivity contribution in [3.63, 3.8) is 0 Å². The van der Waals surface area contributed by atoms with Crippen molar-refractivity contribution in [2.45, 2.75) is 19.4 Å². The second kappa shape index (κ2) is 6.01. The molecular weight excluding hydrogens is 285 g/mol. The lowest BCUT2D eigenvalue weighted by Gasteiger charge is -2.13. The largest absolute Gasteiger partial charge is 0.304 e. The van der Waals surface area contributed by atoms with Gasteiger partial charge in [0.25, 0.3) is 11.5 Å². The van der Waals surface area contributed by atoms with Crippen molar-refractivity contribution in [3.8, 4) is 0 Å². The number of carbonyl (C=O) groups is 1. The average Bonchev–Trinajstić information content (AvgIpc) is 3.32. The molecule has 1 aliphatic rings. The molecule has 2 N–H and O–H groups in total. The quantitative estimate of drug-likeness (QED) is 0.832. The number of nitrogens with one attached hydrogen (secondary N) is 2. The van der Waals surface area contributed by atoms with E-state index in [0.29, 0.717) is 23.8 Å². The summed E-state index contributed by atoms with van der Waals surface area (Å²) in [6.07, 6.45) is 2.19. The zero-order chi connectivity index (χ0) is 15.5. The number of pyridine rings is 1. The maximum atomic E-state index is 12.8. The van der Waals surface area contributed by atoms with Gasteiger partial charge in [-0.15, -0.1) is 0 Å². The Hall–Kier alpha value is -2.63. The number of halogens is 1. The smallest absolute Gasteiger partial charge is 0.286 e. The number of amides is 1. The van der Waals surface area contributed by atoms with E-state index in [1.807, 2.05) is 0 Å². The molecule has 1 amide bonds. The number of hydrazine groups is 1. The molecule has 0 atom stereocenters. The Labute approximate surface area is 126 Å². The highest BCUT2D eigenvalue weighted by Crippen LogP contribution is 2.30. The number of hydrogen-bond acceptors (Lipinski definition) is 3. The van der Waals surface area contributed by atoms with Gasteiger partial charge in [-0.1, -0.05) is 6.07 Å². The topological polar surface area (TPSA) is 63.1 Å². The van der Waals surface area contributed by atoms with Crippen molar-refractivity contribution >= 4 is 11.6 Å². The van der Waals surface area contributed by atoms with E-state index in [9.17, 15) is 14.0 Å². The number of rotatable bonds is 5. The molecule has 5 nitrogen and oxygen atoms in total. The van der Waals surface area contributed by atoms with Crippen LogP contribution in [0.5, 0.6) is 0 Å². The Bertz CT molecular complexity index is 736. The molecule has 0 aliphatic heterocycles. The first kappa shape index (κ1) is 14.3. The molecule has 6 heteroatoms. The van der Waals surface area contributed by atoms with Gasteiger partial charge in [0.05, 0.1) is 5.69 Å². The van der Waals surface area contributed by atoms with Crippen molar-refractivity contribution in [2.24, 2.45) is 5.92 Å². The lowest BCUT2D eigenvalue weighted by Crippen LogP contribution is -2.35. The molecule has 1 saturated carbocycles. The third-order valence-electron chi connectivity index (χ3n) is 3.58. The van der Waals surface area contributed by atoms with Gasteiger partial charge in [-0.25, -0.2) is 4.39 Å². The average molecular weight is 301 g/mol. The van der Waals surface area contributed by atoms with Crippen molar-refractivity contribution in [2.75, 3.05) is 5.43 Å². The predicted octanol–water partition coefficient (Wildman–Crippen LogP) is 2.15. The molecule has 0 saturated heterocycles. The third kappa shape index (κ3) is 3.33. The Balaban J connectivity index is 1.72. The van der Waals surface area contributed by atoms with Crippen LogP contribution < -0.4 is 16.4 Å². The monoisotopic (exact) mass is 301 g/mol. The molecule has 0 spiro atoms. The van der Waals surface area contributed by atoms with Crippen LogP contribution in [0, 0.1) is 11.7 Å². The van der Waals surface area contributed by atoms with Crippen molar-refractivity contribution in [1.29, 1.82) is 0 Å². The zero-order valence-electron chi connectivity index (χ0n) is 11.9. The van der Waals surface area contributed by atoms with Gasteiger partial charge in [-0.3, -0.25) is 20.4 Å². The molecule has 1 aromatic heterocycles. The Kier molecular flexibility index (Phi) is 3.91. The zero-order valence-corrected chi connectivity index (χ0v) is 11.9. The second-order valence-corrected chi connectivity index (χ2v) is 5.39. The highest BCUT2D eigenvalue weighted by atomic mass is 19.1. The third-order valence-corrected chi connectivity index (χ3v) is 3.58. The van der Waals surface area contributed by atoms with Gasteiger partial charge in [0.15, 0.2) is 0 Å². The van der Waals surface area contributed by atoms with Crippen LogP contribution in [0.1, 0.15) is 23.3 Å². The molecule has 3 rings (SSSR count). The van der Waals surface area contributed by atoms with E-state index in [2.05, 4.69) is 10.9 Å². The summed E-state index contributed by atoms with van der Waals surface area (Å²) in [6.45, 7) is 0.568. The minimum absolute atomic E-state index is 0.179. The standard InChI is InChI=1S/C16H16FN3O2/c17-12-6-8-13(9-7-12)18-19-16(22)14-2-1-3-15(21)20(14)10-11-4-5-11/h1-3,6-9,11,18H,4-5,10H2,(H,19,22). The maximum Gasteiger partial charge on any atom is 0.286 e. The number of benzene rings is 1. The van der Waals surface area contributed by atoms with Gasteiger partial charge in [-0.2, -0.15) is 0 Å². The number of carbonyl (C=O) groups excluding carboxylic acids is 1.